The Balaban J connectivity index is 1.87. The Morgan fingerprint density at radius 1 is 0.846 bits per heavy atom. The molecule has 0 fully saturated rings. The topological polar surface area (TPSA) is 0 Å². The van der Waals surface area contributed by atoms with E-state index in [4.69, 9.17) is 0 Å². The second-order valence-electron chi connectivity index (χ2n) is 3.53. The number of fused-ring (bicyclic) bond motifs is 1. The monoisotopic (exact) mass is 166 g/mol. The summed E-state index contributed by atoms with van der Waals surface area (Å²) in [6.07, 6.45) is 1.09. The van der Waals surface area contributed by atoms with E-state index in [-0.39, 0.29) is 0 Å². The van der Waals surface area contributed by atoms with Crippen LogP contribution in [0.25, 0.3) is 11.1 Å². The van der Waals surface area contributed by atoms with Crippen molar-refractivity contribution in [3.63, 3.8) is 0 Å². The van der Waals surface area contributed by atoms with Crippen LogP contribution in [-0.4, -0.2) is 0 Å². The number of benzene rings is 2. The van der Waals surface area contributed by atoms with Crippen molar-refractivity contribution >= 4 is 0 Å². The first-order chi connectivity index (χ1) is 6.43. The zero-order valence-electron chi connectivity index (χ0n) is 7.33. The molecule has 0 bridgehead atoms. The molecule has 2 aliphatic rings. The van der Waals surface area contributed by atoms with Crippen LogP contribution in [0.15, 0.2) is 48.5 Å². The van der Waals surface area contributed by atoms with Gasteiger partial charge in [-0.25, -0.2) is 0 Å². The lowest BCUT2D eigenvalue weighted by Crippen LogP contribution is -2.00. The van der Waals surface area contributed by atoms with E-state index in [1.807, 2.05) is 0 Å². The fraction of sp³-hybridized carbons (Fsp3) is 0.0769. The highest BCUT2D eigenvalue weighted by Gasteiger charge is 2.15. The predicted molar refractivity (Wildman–Crippen MR) is 54.7 cm³/mol. The van der Waals surface area contributed by atoms with Crippen molar-refractivity contribution in [2.24, 2.45) is 0 Å². The minimum Gasteiger partial charge on any atom is -0.0622 e. The van der Waals surface area contributed by atoms with E-state index in [2.05, 4.69) is 48.5 Å². The van der Waals surface area contributed by atoms with Crippen molar-refractivity contribution < 1.29 is 0 Å². The van der Waals surface area contributed by atoms with Crippen LogP contribution < -0.4 is 0 Å². The zero-order valence-corrected chi connectivity index (χ0v) is 7.33. The minimum absolute atomic E-state index is 1.09. The molecule has 2 aliphatic carbocycles. The summed E-state index contributed by atoms with van der Waals surface area (Å²) < 4.78 is 0. The number of hydrogen-bond acceptors (Lipinski definition) is 0. The summed E-state index contributed by atoms with van der Waals surface area (Å²) in [6, 6.07) is 17.3. The van der Waals surface area contributed by atoms with Crippen LogP contribution in [0.3, 0.4) is 0 Å². The number of hydrogen-bond donors (Lipinski definition) is 0. The van der Waals surface area contributed by atoms with Gasteiger partial charge in [0.05, 0.1) is 0 Å². The van der Waals surface area contributed by atoms with E-state index in [0.29, 0.717) is 0 Å². The van der Waals surface area contributed by atoms with Gasteiger partial charge in [0.2, 0.25) is 0 Å². The van der Waals surface area contributed by atoms with Crippen molar-refractivity contribution in [1.82, 2.24) is 0 Å². The van der Waals surface area contributed by atoms with Crippen LogP contribution >= 0.6 is 0 Å². The summed E-state index contributed by atoms with van der Waals surface area (Å²) in [5, 5.41) is 0. The van der Waals surface area contributed by atoms with Gasteiger partial charge in [0, 0.05) is 0 Å². The van der Waals surface area contributed by atoms with Gasteiger partial charge in [0.1, 0.15) is 0 Å². The third-order valence-corrected chi connectivity index (χ3v) is 2.65. The zero-order chi connectivity index (χ0) is 8.67. The van der Waals surface area contributed by atoms with Crippen LogP contribution in [0.5, 0.6) is 0 Å². The fourth-order valence-corrected chi connectivity index (χ4v) is 1.83. The van der Waals surface area contributed by atoms with E-state index in [9.17, 15) is 0 Å². The third-order valence-electron chi connectivity index (χ3n) is 2.65. The molecule has 0 nitrogen and oxygen atoms in total. The average molecular weight is 166 g/mol. The molecule has 0 saturated carbocycles. The highest BCUT2D eigenvalue weighted by Crippen LogP contribution is 2.37. The summed E-state index contributed by atoms with van der Waals surface area (Å²) in [5.41, 5.74) is 5.80. The van der Waals surface area contributed by atoms with Crippen molar-refractivity contribution in [2.45, 2.75) is 6.42 Å². The highest BCUT2D eigenvalue weighted by atomic mass is 14.2. The molecule has 1 aromatic carbocycles. The standard InChI is InChI=1S/C13H10/c1-2-4-10(5-3-1)8-12-9-11-6-7-13(11)12/h1-7,9H,8H2. The van der Waals surface area contributed by atoms with Crippen molar-refractivity contribution in [1.29, 1.82) is 0 Å². The molecule has 0 atom stereocenters. The molecule has 0 heteroatoms. The van der Waals surface area contributed by atoms with Crippen LogP contribution in [0.2, 0.25) is 0 Å². The Labute approximate surface area is 77.8 Å². The maximum atomic E-state index is 2.28. The summed E-state index contributed by atoms with van der Waals surface area (Å²) in [4.78, 5) is 0. The van der Waals surface area contributed by atoms with Gasteiger partial charge in [-0.15, -0.1) is 0 Å². The first-order valence-corrected chi connectivity index (χ1v) is 4.61. The third kappa shape index (κ3) is 0.988. The van der Waals surface area contributed by atoms with Gasteiger partial charge in [-0.3, -0.25) is 0 Å². The van der Waals surface area contributed by atoms with E-state index in [1.165, 1.54) is 22.3 Å². The van der Waals surface area contributed by atoms with Crippen LogP contribution in [-0.2, 0) is 6.42 Å². The second-order valence-corrected chi connectivity index (χ2v) is 3.53. The lowest BCUT2D eigenvalue weighted by molar-refractivity contribution is 1.17. The average Bonchev–Trinajstić information content (AvgIpc) is 2.15. The molecule has 62 valence electrons. The highest BCUT2D eigenvalue weighted by molar-refractivity contribution is 5.81. The summed E-state index contributed by atoms with van der Waals surface area (Å²) in [7, 11) is 0. The molecular weight excluding hydrogens is 156 g/mol. The Hall–Kier alpha value is -1.56. The molecular formula is C13H10. The largest absolute Gasteiger partial charge is 0.0622 e. The molecule has 0 saturated heterocycles. The smallest absolute Gasteiger partial charge is 0.00194 e. The maximum absolute atomic E-state index is 2.28. The lowest BCUT2D eigenvalue weighted by Gasteiger charge is -2.20. The van der Waals surface area contributed by atoms with Crippen LogP contribution in [0.4, 0.5) is 0 Å². The van der Waals surface area contributed by atoms with Crippen LogP contribution in [0, 0.1) is 0 Å². The van der Waals surface area contributed by atoms with Gasteiger partial charge in [-0.2, -0.15) is 0 Å². The molecule has 13 heavy (non-hydrogen) atoms. The first kappa shape index (κ1) is 6.90. The molecule has 0 aromatic heterocycles. The van der Waals surface area contributed by atoms with E-state index in [0.717, 1.165) is 6.42 Å². The summed E-state index contributed by atoms with van der Waals surface area (Å²) in [5.74, 6) is 0. The second kappa shape index (κ2) is 2.46. The van der Waals surface area contributed by atoms with Gasteiger partial charge in [0.25, 0.3) is 0 Å². The maximum Gasteiger partial charge on any atom is -0.00194 e. The van der Waals surface area contributed by atoms with Gasteiger partial charge >= 0.3 is 0 Å². The normalized spacial score (nSPS) is 11.4. The predicted octanol–water partition coefficient (Wildman–Crippen LogP) is 3.26. The van der Waals surface area contributed by atoms with E-state index < -0.39 is 0 Å². The molecule has 0 spiro atoms. The van der Waals surface area contributed by atoms with Crippen molar-refractivity contribution in [3.8, 4) is 11.1 Å². The minimum atomic E-state index is 1.09. The van der Waals surface area contributed by atoms with Crippen molar-refractivity contribution in [2.75, 3.05) is 0 Å². The molecule has 1 aromatic rings. The SMILES string of the molecule is c1ccc(Cc2cc3ccc2-3)cc1. The van der Waals surface area contributed by atoms with E-state index in [1.54, 1.807) is 0 Å². The van der Waals surface area contributed by atoms with Gasteiger partial charge in [0.15, 0.2) is 0 Å². The first-order valence-electron chi connectivity index (χ1n) is 4.61. The quantitative estimate of drug-likeness (QED) is 0.548. The Kier molecular flexibility index (Phi) is 1.31. The summed E-state index contributed by atoms with van der Waals surface area (Å²) in [6.45, 7) is 0. The molecule has 3 rings (SSSR count). The lowest BCUT2D eigenvalue weighted by atomic mass is 9.84. The van der Waals surface area contributed by atoms with Crippen LogP contribution in [0.1, 0.15) is 11.1 Å². The molecule has 0 aliphatic heterocycles. The Morgan fingerprint density at radius 2 is 1.69 bits per heavy atom. The molecule has 0 radical (unpaired) electrons. The van der Waals surface area contributed by atoms with Gasteiger partial charge < -0.3 is 0 Å². The Bertz CT molecular complexity index is 435. The number of rotatable bonds is 2. The van der Waals surface area contributed by atoms with E-state index >= 15 is 0 Å². The molecule has 0 unspecified atom stereocenters. The Morgan fingerprint density at radius 3 is 2.23 bits per heavy atom. The molecule has 0 heterocycles. The van der Waals surface area contributed by atoms with Gasteiger partial charge in [-0.1, -0.05) is 48.5 Å². The molecule has 0 N–H and O–H groups in total. The van der Waals surface area contributed by atoms with Gasteiger partial charge in [-0.05, 0) is 28.7 Å². The molecule has 0 amide bonds. The van der Waals surface area contributed by atoms with Crippen molar-refractivity contribution in [3.05, 3.63) is 59.7 Å². The summed E-state index contributed by atoms with van der Waals surface area (Å²) >= 11 is 0. The fourth-order valence-electron chi connectivity index (χ4n) is 1.83.